The molecular weight excluding hydrogens is 270 g/mol. The van der Waals surface area contributed by atoms with Crippen molar-refractivity contribution < 1.29 is 9.53 Å². The van der Waals surface area contributed by atoms with Crippen LogP contribution >= 0.6 is 23.1 Å². The van der Waals surface area contributed by atoms with E-state index in [0.717, 1.165) is 10.6 Å². The molecule has 5 nitrogen and oxygen atoms in total. The van der Waals surface area contributed by atoms with Gasteiger partial charge >= 0.3 is 0 Å². The maximum Gasteiger partial charge on any atom is 0.236 e. The second-order valence-electron chi connectivity index (χ2n) is 3.26. The average Bonchev–Trinajstić information content (AvgIpc) is 2.90. The minimum Gasteiger partial charge on any atom is -0.497 e. The highest BCUT2D eigenvalue weighted by Gasteiger charge is 2.05. The largest absolute Gasteiger partial charge is 0.497 e. The zero-order valence-corrected chi connectivity index (χ0v) is 11.3. The van der Waals surface area contributed by atoms with Crippen LogP contribution in [0.25, 0.3) is 0 Å². The molecule has 0 unspecified atom stereocenters. The molecule has 0 spiro atoms. The van der Waals surface area contributed by atoms with Crippen LogP contribution < -0.4 is 10.1 Å². The van der Waals surface area contributed by atoms with Crippen LogP contribution in [0, 0.1) is 0 Å². The number of rotatable bonds is 5. The standard InChI is InChI=1S/C11H11N3O2S2/c1-16-8-2-4-9(5-3-8)17-6-10(15)13-11-14-12-7-18-11/h2-5,7H,6H2,1H3,(H,13,14,15). The van der Waals surface area contributed by atoms with Crippen LogP contribution in [0.4, 0.5) is 5.13 Å². The van der Waals surface area contributed by atoms with E-state index < -0.39 is 0 Å². The zero-order valence-electron chi connectivity index (χ0n) is 9.62. The van der Waals surface area contributed by atoms with Gasteiger partial charge in [-0.1, -0.05) is 11.3 Å². The van der Waals surface area contributed by atoms with Crippen molar-refractivity contribution in [1.82, 2.24) is 10.2 Å². The molecular formula is C11H11N3O2S2. The summed E-state index contributed by atoms with van der Waals surface area (Å²) in [5.41, 5.74) is 1.58. The quantitative estimate of drug-likeness (QED) is 0.852. The van der Waals surface area contributed by atoms with E-state index >= 15 is 0 Å². The number of nitrogens with one attached hydrogen (secondary N) is 1. The Bertz CT molecular complexity index is 500. The van der Waals surface area contributed by atoms with Crippen molar-refractivity contribution >= 4 is 34.1 Å². The summed E-state index contributed by atoms with van der Waals surface area (Å²) in [5.74, 6) is 1.05. The third-order valence-electron chi connectivity index (χ3n) is 2.04. The molecule has 0 saturated heterocycles. The summed E-state index contributed by atoms with van der Waals surface area (Å²) >= 11 is 2.76. The van der Waals surface area contributed by atoms with Crippen LogP contribution in [0.15, 0.2) is 34.7 Å². The number of carbonyl (C=O) groups is 1. The zero-order chi connectivity index (χ0) is 12.8. The molecule has 0 aliphatic rings. The maximum absolute atomic E-state index is 11.6. The summed E-state index contributed by atoms with van der Waals surface area (Å²) in [5, 5.41) is 10.6. The summed E-state index contributed by atoms with van der Waals surface area (Å²) < 4.78 is 5.06. The van der Waals surface area contributed by atoms with Gasteiger partial charge < -0.3 is 4.74 Å². The molecule has 94 valence electrons. The van der Waals surface area contributed by atoms with Gasteiger partial charge in [-0.05, 0) is 24.3 Å². The summed E-state index contributed by atoms with van der Waals surface area (Å²) in [6, 6.07) is 7.57. The summed E-state index contributed by atoms with van der Waals surface area (Å²) in [6.45, 7) is 0. The van der Waals surface area contributed by atoms with E-state index in [0.29, 0.717) is 10.9 Å². The molecule has 0 aliphatic heterocycles. The molecule has 0 fully saturated rings. The Labute approximate surface area is 113 Å². The minimum atomic E-state index is -0.0902. The van der Waals surface area contributed by atoms with Crippen molar-refractivity contribution in [2.45, 2.75) is 4.90 Å². The molecule has 0 bridgehead atoms. The van der Waals surface area contributed by atoms with Crippen molar-refractivity contribution in [3.05, 3.63) is 29.8 Å². The van der Waals surface area contributed by atoms with E-state index in [9.17, 15) is 4.79 Å². The van der Waals surface area contributed by atoms with Crippen LogP contribution in [0.1, 0.15) is 0 Å². The third kappa shape index (κ3) is 3.71. The van der Waals surface area contributed by atoms with Crippen molar-refractivity contribution in [1.29, 1.82) is 0 Å². The number of aromatic nitrogens is 2. The van der Waals surface area contributed by atoms with Gasteiger partial charge in [0, 0.05) is 4.90 Å². The monoisotopic (exact) mass is 281 g/mol. The van der Waals surface area contributed by atoms with Crippen LogP contribution in [0.2, 0.25) is 0 Å². The van der Waals surface area contributed by atoms with E-state index in [-0.39, 0.29) is 5.91 Å². The molecule has 0 atom stereocenters. The van der Waals surface area contributed by atoms with E-state index in [1.165, 1.54) is 23.1 Å². The van der Waals surface area contributed by atoms with Gasteiger partial charge in [-0.2, -0.15) is 0 Å². The fourth-order valence-electron chi connectivity index (χ4n) is 1.20. The highest BCUT2D eigenvalue weighted by Crippen LogP contribution is 2.21. The van der Waals surface area contributed by atoms with Gasteiger partial charge in [0.1, 0.15) is 11.3 Å². The van der Waals surface area contributed by atoms with Crippen molar-refractivity contribution in [3.63, 3.8) is 0 Å². The third-order valence-corrected chi connectivity index (χ3v) is 3.65. The number of amides is 1. The topological polar surface area (TPSA) is 64.1 Å². The van der Waals surface area contributed by atoms with Gasteiger partial charge in [-0.25, -0.2) is 0 Å². The highest BCUT2D eigenvalue weighted by atomic mass is 32.2. The molecule has 0 aliphatic carbocycles. The molecule has 1 amide bonds. The van der Waals surface area contributed by atoms with Gasteiger partial charge in [-0.3, -0.25) is 10.1 Å². The molecule has 1 aromatic carbocycles. The van der Waals surface area contributed by atoms with E-state index in [1.807, 2.05) is 24.3 Å². The molecule has 1 N–H and O–H groups in total. The first-order valence-electron chi connectivity index (χ1n) is 5.11. The van der Waals surface area contributed by atoms with E-state index in [1.54, 1.807) is 12.6 Å². The lowest BCUT2D eigenvalue weighted by Gasteiger charge is -2.03. The SMILES string of the molecule is COc1ccc(SCC(=O)Nc2nncs2)cc1. The Morgan fingerprint density at radius 3 is 2.83 bits per heavy atom. The minimum absolute atomic E-state index is 0.0902. The van der Waals surface area contributed by atoms with Gasteiger partial charge in [0.2, 0.25) is 11.0 Å². The summed E-state index contributed by atoms with van der Waals surface area (Å²) in [7, 11) is 1.62. The fourth-order valence-corrected chi connectivity index (χ4v) is 2.36. The Balaban J connectivity index is 1.81. The smallest absolute Gasteiger partial charge is 0.236 e. The molecule has 0 radical (unpaired) electrons. The van der Waals surface area contributed by atoms with Crippen molar-refractivity contribution in [2.75, 3.05) is 18.2 Å². The first-order chi connectivity index (χ1) is 8.78. The normalized spacial score (nSPS) is 10.1. The molecule has 2 rings (SSSR count). The number of benzene rings is 1. The molecule has 7 heteroatoms. The number of methoxy groups -OCH3 is 1. The number of anilines is 1. The second-order valence-corrected chi connectivity index (χ2v) is 5.14. The number of hydrogen-bond acceptors (Lipinski definition) is 6. The van der Waals surface area contributed by atoms with Crippen LogP contribution in [-0.2, 0) is 4.79 Å². The predicted octanol–water partition coefficient (Wildman–Crippen LogP) is 2.28. The van der Waals surface area contributed by atoms with E-state index in [2.05, 4.69) is 15.5 Å². The lowest BCUT2D eigenvalue weighted by molar-refractivity contribution is -0.113. The van der Waals surface area contributed by atoms with Crippen LogP contribution in [0.3, 0.4) is 0 Å². The Morgan fingerprint density at radius 2 is 2.22 bits per heavy atom. The van der Waals surface area contributed by atoms with Crippen molar-refractivity contribution in [3.8, 4) is 5.75 Å². The second kappa shape index (κ2) is 6.36. The number of ether oxygens (including phenoxy) is 1. The van der Waals surface area contributed by atoms with E-state index in [4.69, 9.17) is 4.74 Å². The first kappa shape index (κ1) is 12.8. The van der Waals surface area contributed by atoms with Gasteiger partial charge in [0.25, 0.3) is 0 Å². The number of thioether (sulfide) groups is 1. The van der Waals surface area contributed by atoms with Crippen molar-refractivity contribution in [2.24, 2.45) is 0 Å². The molecule has 1 aromatic heterocycles. The van der Waals surface area contributed by atoms with Crippen LogP contribution in [-0.4, -0.2) is 29.0 Å². The molecule has 1 heterocycles. The molecule has 0 saturated carbocycles. The summed E-state index contributed by atoms with van der Waals surface area (Å²) in [4.78, 5) is 12.6. The number of nitrogens with zero attached hydrogens (tertiary/aromatic N) is 2. The number of carbonyl (C=O) groups excluding carboxylic acids is 1. The first-order valence-corrected chi connectivity index (χ1v) is 6.97. The maximum atomic E-state index is 11.6. The van der Waals surface area contributed by atoms with Gasteiger partial charge in [-0.15, -0.1) is 22.0 Å². The fraction of sp³-hybridized carbons (Fsp3) is 0.182. The van der Waals surface area contributed by atoms with Gasteiger partial charge in [0.15, 0.2) is 0 Å². The lowest BCUT2D eigenvalue weighted by atomic mass is 10.3. The molecule has 2 aromatic rings. The molecule has 18 heavy (non-hydrogen) atoms. The number of hydrogen-bond donors (Lipinski definition) is 1. The average molecular weight is 281 g/mol. The highest BCUT2D eigenvalue weighted by molar-refractivity contribution is 8.00. The Hall–Kier alpha value is -1.60. The lowest BCUT2D eigenvalue weighted by Crippen LogP contribution is -2.13. The Kier molecular flexibility index (Phi) is 4.54. The predicted molar refractivity (Wildman–Crippen MR) is 72.3 cm³/mol. The van der Waals surface area contributed by atoms with Gasteiger partial charge in [0.05, 0.1) is 12.9 Å². The van der Waals surface area contributed by atoms with Crippen LogP contribution in [0.5, 0.6) is 5.75 Å². The summed E-state index contributed by atoms with van der Waals surface area (Å²) in [6.07, 6.45) is 0. The Morgan fingerprint density at radius 1 is 1.44 bits per heavy atom.